The van der Waals surface area contributed by atoms with Crippen LogP contribution in [-0.4, -0.2) is 35.0 Å². The lowest BCUT2D eigenvalue weighted by molar-refractivity contribution is -0.138. The molecule has 0 saturated carbocycles. The molecule has 1 aromatic carbocycles. The van der Waals surface area contributed by atoms with Crippen molar-refractivity contribution in [1.82, 2.24) is 0 Å². The van der Waals surface area contributed by atoms with E-state index in [9.17, 15) is 14.4 Å². The molecule has 0 radical (unpaired) electrons. The Kier molecular flexibility index (Phi) is 5.11. The summed E-state index contributed by atoms with van der Waals surface area (Å²) in [6.45, 7) is 5.98. The zero-order valence-electron chi connectivity index (χ0n) is 14.1. The van der Waals surface area contributed by atoms with Crippen LogP contribution in [0, 0.1) is 0 Å². The first kappa shape index (κ1) is 17.8. The Hall–Kier alpha value is -2.57. The molecule has 24 heavy (non-hydrogen) atoms. The molecule has 2 amide bonds. The monoisotopic (exact) mass is 334 g/mol. The fourth-order valence-corrected chi connectivity index (χ4v) is 2.53. The lowest BCUT2D eigenvalue weighted by Gasteiger charge is -2.38. The molecule has 0 atom stereocenters. The number of aliphatic carboxylic acids is 1. The van der Waals surface area contributed by atoms with Crippen LogP contribution in [-0.2, 0) is 14.4 Å². The standard InChI is InChI=1S/C17H22N2O5/c1-4-9-19-12-10-11(18-14(20)7-8-15(21)22)5-6-13(12)24-17(2,3)16(19)23/h5-6,10H,4,7-9H2,1-3H3,(H,18,20)(H,21,22). The van der Waals surface area contributed by atoms with Gasteiger partial charge >= 0.3 is 5.97 Å². The molecule has 130 valence electrons. The molecule has 1 aliphatic rings. The number of amides is 2. The molecule has 0 aromatic heterocycles. The lowest BCUT2D eigenvalue weighted by atomic mass is 10.0. The fraction of sp³-hybridized carbons (Fsp3) is 0.471. The van der Waals surface area contributed by atoms with Gasteiger partial charge in [0.2, 0.25) is 5.91 Å². The topological polar surface area (TPSA) is 95.9 Å². The van der Waals surface area contributed by atoms with E-state index in [1.165, 1.54) is 0 Å². The van der Waals surface area contributed by atoms with E-state index in [2.05, 4.69) is 5.32 Å². The van der Waals surface area contributed by atoms with Crippen molar-refractivity contribution < 1.29 is 24.2 Å². The van der Waals surface area contributed by atoms with Gasteiger partial charge < -0.3 is 20.1 Å². The molecule has 1 aromatic rings. The van der Waals surface area contributed by atoms with Crippen molar-refractivity contribution in [3.05, 3.63) is 18.2 Å². The third-order valence-corrected chi connectivity index (χ3v) is 3.67. The second kappa shape index (κ2) is 6.90. The van der Waals surface area contributed by atoms with Gasteiger partial charge in [0, 0.05) is 18.7 Å². The first-order valence-electron chi connectivity index (χ1n) is 7.91. The first-order valence-corrected chi connectivity index (χ1v) is 7.91. The molecular weight excluding hydrogens is 312 g/mol. The molecule has 0 saturated heterocycles. The Morgan fingerprint density at radius 1 is 1.29 bits per heavy atom. The number of ether oxygens (including phenoxy) is 1. The van der Waals surface area contributed by atoms with Gasteiger partial charge in [0.1, 0.15) is 5.75 Å². The molecule has 1 aliphatic heterocycles. The number of fused-ring (bicyclic) bond motifs is 1. The van der Waals surface area contributed by atoms with Crippen LogP contribution in [0.1, 0.15) is 40.0 Å². The number of nitrogens with one attached hydrogen (secondary N) is 1. The number of carboxylic acids is 1. The van der Waals surface area contributed by atoms with E-state index in [1.54, 1.807) is 36.9 Å². The normalized spacial score (nSPS) is 15.5. The molecule has 1 heterocycles. The Bertz CT molecular complexity index is 669. The molecule has 0 spiro atoms. The van der Waals surface area contributed by atoms with Gasteiger partial charge in [0.15, 0.2) is 5.60 Å². The molecule has 0 unspecified atom stereocenters. The van der Waals surface area contributed by atoms with E-state index in [0.717, 1.165) is 6.42 Å². The highest BCUT2D eigenvalue weighted by Gasteiger charge is 2.40. The number of rotatable bonds is 6. The summed E-state index contributed by atoms with van der Waals surface area (Å²) in [5.74, 6) is -0.962. The maximum absolute atomic E-state index is 12.6. The second-order valence-corrected chi connectivity index (χ2v) is 6.19. The van der Waals surface area contributed by atoms with Crippen molar-refractivity contribution >= 4 is 29.2 Å². The molecule has 7 nitrogen and oxygen atoms in total. The molecule has 7 heteroatoms. The highest BCUT2D eigenvalue weighted by molar-refractivity contribution is 6.03. The summed E-state index contributed by atoms with van der Waals surface area (Å²) in [4.78, 5) is 36.5. The van der Waals surface area contributed by atoms with Gasteiger partial charge in [-0.1, -0.05) is 6.92 Å². The number of nitrogens with zero attached hydrogens (tertiary/aromatic N) is 1. The van der Waals surface area contributed by atoms with Crippen LogP contribution in [0.2, 0.25) is 0 Å². The molecule has 0 aliphatic carbocycles. The van der Waals surface area contributed by atoms with Crippen LogP contribution in [0.5, 0.6) is 5.75 Å². The van der Waals surface area contributed by atoms with Crippen molar-refractivity contribution in [2.75, 3.05) is 16.8 Å². The van der Waals surface area contributed by atoms with Crippen LogP contribution >= 0.6 is 0 Å². The van der Waals surface area contributed by atoms with Gasteiger partial charge in [0.25, 0.3) is 5.91 Å². The highest BCUT2D eigenvalue weighted by Crippen LogP contribution is 2.39. The average molecular weight is 334 g/mol. The summed E-state index contributed by atoms with van der Waals surface area (Å²) in [5.41, 5.74) is 0.174. The minimum Gasteiger partial charge on any atom is -0.481 e. The molecular formula is C17H22N2O5. The van der Waals surface area contributed by atoms with Gasteiger partial charge in [-0.05, 0) is 38.5 Å². The number of anilines is 2. The number of carboxylic acid groups (broad SMARTS) is 1. The van der Waals surface area contributed by atoms with Crippen molar-refractivity contribution in [2.45, 2.75) is 45.6 Å². The van der Waals surface area contributed by atoms with E-state index in [1.807, 2.05) is 6.92 Å². The first-order chi connectivity index (χ1) is 11.2. The summed E-state index contributed by atoms with van der Waals surface area (Å²) >= 11 is 0. The fourth-order valence-electron chi connectivity index (χ4n) is 2.53. The highest BCUT2D eigenvalue weighted by atomic mass is 16.5. The van der Waals surface area contributed by atoms with E-state index >= 15 is 0 Å². The number of hydrogen-bond donors (Lipinski definition) is 2. The van der Waals surface area contributed by atoms with Crippen LogP contribution in [0.3, 0.4) is 0 Å². The SMILES string of the molecule is CCCN1C(=O)C(C)(C)Oc2ccc(NC(=O)CCC(=O)O)cc21. The van der Waals surface area contributed by atoms with E-state index in [4.69, 9.17) is 9.84 Å². The van der Waals surface area contributed by atoms with Gasteiger partial charge in [-0.2, -0.15) is 0 Å². The molecule has 2 rings (SSSR count). The number of carbonyl (C=O) groups is 3. The summed E-state index contributed by atoms with van der Waals surface area (Å²) in [5, 5.41) is 11.3. The Morgan fingerprint density at radius 2 is 2.00 bits per heavy atom. The van der Waals surface area contributed by atoms with Gasteiger partial charge in [-0.15, -0.1) is 0 Å². The molecule has 0 fully saturated rings. The van der Waals surface area contributed by atoms with Gasteiger partial charge in [0.05, 0.1) is 12.1 Å². The lowest BCUT2D eigenvalue weighted by Crippen LogP contribution is -2.52. The Balaban J connectivity index is 2.24. The third kappa shape index (κ3) is 3.84. The predicted octanol–water partition coefficient (Wildman–Crippen LogP) is 2.40. The third-order valence-electron chi connectivity index (χ3n) is 3.67. The van der Waals surface area contributed by atoms with Crippen molar-refractivity contribution in [1.29, 1.82) is 0 Å². The summed E-state index contributed by atoms with van der Waals surface area (Å²) in [6, 6.07) is 5.06. The minimum atomic E-state index is -1.02. The maximum Gasteiger partial charge on any atom is 0.303 e. The number of carbonyl (C=O) groups excluding carboxylic acids is 2. The number of benzene rings is 1. The molecule has 0 bridgehead atoms. The van der Waals surface area contributed by atoms with Crippen molar-refractivity contribution in [2.24, 2.45) is 0 Å². The summed E-state index contributed by atoms with van der Waals surface area (Å²) in [7, 11) is 0. The second-order valence-electron chi connectivity index (χ2n) is 6.19. The zero-order chi connectivity index (χ0) is 17.9. The number of hydrogen-bond acceptors (Lipinski definition) is 4. The van der Waals surface area contributed by atoms with Crippen LogP contribution in [0.4, 0.5) is 11.4 Å². The predicted molar refractivity (Wildman–Crippen MR) is 89.3 cm³/mol. The van der Waals surface area contributed by atoms with Crippen LogP contribution in [0.15, 0.2) is 18.2 Å². The maximum atomic E-state index is 12.6. The zero-order valence-corrected chi connectivity index (χ0v) is 14.1. The summed E-state index contributed by atoms with van der Waals surface area (Å²) in [6.07, 6.45) is 0.457. The van der Waals surface area contributed by atoms with Gasteiger partial charge in [-0.3, -0.25) is 14.4 Å². The van der Waals surface area contributed by atoms with E-state index < -0.39 is 11.6 Å². The minimum absolute atomic E-state index is 0.104. The van der Waals surface area contributed by atoms with E-state index in [-0.39, 0.29) is 24.7 Å². The molecule has 2 N–H and O–H groups in total. The Labute approximate surface area is 140 Å². The van der Waals surface area contributed by atoms with Crippen molar-refractivity contribution in [3.63, 3.8) is 0 Å². The van der Waals surface area contributed by atoms with Crippen LogP contribution in [0.25, 0.3) is 0 Å². The largest absolute Gasteiger partial charge is 0.481 e. The van der Waals surface area contributed by atoms with Gasteiger partial charge in [-0.25, -0.2) is 0 Å². The smallest absolute Gasteiger partial charge is 0.303 e. The summed E-state index contributed by atoms with van der Waals surface area (Å²) < 4.78 is 5.77. The van der Waals surface area contributed by atoms with Crippen LogP contribution < -0.4 is 15.0 Å². The quantitative estimate of drug-likeness (QED) is 0.833. The average Bonchev–Trinajstić information content (AvgIpc) is 2.50. The van der Waals surface area contributed by atoms with Crippen molar-refractivity contribution in [3.8, 4) is 5.75 Å². The Morgan fingerprint density at radius 3 is 2.62 bits per heavy atom. The van der Waals surface area contributed by atoms with E-state index in [0.29, 0.717) is 23.7 Å².